The molecule has 2 atom stereocenters. The van der Waals surface area contributed by atoms with Gasteiger partial charge in [-0.25, -0.2) is 9.59 Å². The Labute approximate surface area is 323 Å². The minimum Gasteiger partial charge on any atom is -0.508 e. The first-order chi connectivity index (χ1) is 26.7. The molecule has 0 bridgehead atoms. The largest absolute Gasteiger partial charge is 0.508 e. The fourth-order valence-electron chi connectivity index (χ4n) is 7.13. The number of likely N-dealkylation sites (N-methyl/N-ethyl adjacent to an activating group) is 1. The number of hydrogen-bond acceptors (Lipinski definition) is 12. The monoisotopic (exact) mass is 769 g/mol. The molecule has 13 nitrogen and oxygen atoms in total. The van der Waals surface area contributed by atoms with E-state index in [1.54, 1.807) is 31.2 Å². The number of carboxylic acid groups (broad SMARTS) is 1. The molecule has 0 fully saturated rings. The highest BCUT2D eigenvalue weighted by atomic mass is 16.6. The summed E-state index contributed by atoms with van der Waals surface area (Å²) in [6.45, 7) is 4.14. The van der Waals surface area contributed by atoms with Crippen molar-refractivity contribution in [3.05, 3.63) is 88.0 Å². The number of benzene rings is 4. The number of fused-ring (bicyclic) bond motifs is 3. The third-order valence-electron chi connectivity index (χ3n) is 9.95. The molecule has 0 aliphatic heterocycles. The number of nitrogens with one attached hydrogen (secondary N) is 1. The number of carboxylic acids is 1. The predicted octanol–water partition coefficient (Wildman–Crippen LogP) is 7.01. The van der Waals surface area contributed by atoms with Gasteiger partial charge in [0.05, 0.1) is 0 Å². The molecule has 1 aliphatic rings. The van der Waals surface area contributed by atoms with E-state index in [1.165, 1.54) is 18.2 Å². The molecule has 0 unspecified atom stereocenters. The quantitative estimate of drug-likeness (QED) is 0.0193. The van der Waals surface area contributed by atoms with Gasteiger partial charge < -0.3 is 56.0 Å². The number of unbranched alkanes of at least 4 members (excludes halogenated alkanes) is 2. The second kappa shape index (κ2) is 17.9. The van der Waals surface area contributed by atoms with Gasteiger partial charge in [0, 0.05) is 29.7 Å². The molecule has 0 amide bonds. The maximum Gasteiger partial charge on any atom is 0.345 e. The number of allylic oxidation sites excluding steroid dienone is 1. The fourth-order valence-corrected chi connectivity index (χ4v) is 7.13. The van der Waals surface area contributed by atoms with E-state index in [4.69, 9.17) is 4.74 Å². The average molecular weight is 770 g/mol. The van der Waals surface area contributed by atoms with Crippen molar-refractivity contribution in [2.24, 2.45) is 0 Å². The minimum absolute atomic E-state index is 0.0428. The molecule has 0 radical (unpaired) electrons. The molecule has 1 aliphatic carbocycles. The number of aliphatic carboxylic acids is 1. The first-order valence-electron chi connectivity index (χ1n) is 18.5. The molecule has 4 aromatic rings. The van der Waals surface area contributed by atoms with E-state index in [0.29, 0.717) is 76.7 Å². The van der Waals surface area contributed by atoms with Gasteiger partial charge >= 0.3 is 11.9 Å². The van der Waals surface area contributed by atoms with Crippen LogP contribution < -0.4 is 5.32 Å². The van der Waals surface area contributed by atoms with Crippen LogP contribution in [0.15, 0.2) is 54.6 Å². The van der Waals surface area contributed by atoms with Gasteiger partial charge in [-0.15, -0.1) is 0 Å². The molecular weight excluding hydrogens is 722 g/mol. The van der Waals surface area contributed by atoms with Crippen LogP contribution in [0.1, 0.15) is 85.3 Å². The van der Waals surface area contributed by atoms with Crippen molar-refractivity contribution in [3.8, 4) is 57.1 Å². The van der Waals surface area contributed by atoms with E-state index in [-0.39, 0.29) is 35.8 Å². The van der Waals surface area contributed by atoms with Crippen LogP contribution in [-0.4, -0.2) is 77.1 Å². The molecule has 0 saturated carbocycles. The molecule has 0 aromatic heterocycles. The normalized spacial score (nSPS) is 13.8. The van der Waals surface area contributed by atoms with Crippen molar-refractivity contribution in [3.63, 3.8) is 0 Å². The lowest BCUT2D eigenvalue weighted by Gasteiger charge is -2.25. The summed E-state index contributed by atoms with van der Waals surface area (Å²) < 4.78 is 5.58. The topological polar surface area (TPSA) is 237 Å². The Morgan fingerprint density at radius 3 is 2.09 bits per heavy atom. The van der Waals surface area contributed by atoms with E-state index < -0.39 is 52.7 Å². The second-order valence-corrected chi connectivity index (χ2v) is 13.7. The summed E-state index contributed by atoms with van der Waals surface area (Å²) in [6, 6.07) is 11.2. The van der Waals surface area contributed by atoms with Crippen LogP contribution in [0.2, 0.25) is 0 Å². The average Bonchev–Trinajstić information content (AvgIpc) is 3.36. The van der Waals surface area contributed by atoms with Gasteiger partial charge in [0.1, 0.15) is 5.75 Å². The van der Waals surface area contributed by atoms with E-state index in [0.717, 1.165) is 31.1 Å². The predicted molar refractivity (Wildman–Crippen MR) is 210 cm³/mol. The SMILES string of the molecule is CCCCCC(=CC(=O)O[C@@H](C(=O)O)[C@H](CNCC)c1cc(O)c(O)c(O)c1)c1cc(O)c(O)cc1C=Cc1cc(O)c(O)c2c1-c1cccc(O)c1CCC2. The van der Waals surface area contributed by atoms with Crippen molar-refractivity contribution in [2.45, 2.75) is 70.8 Å². The summed E-state index contributed by atoms with van der Waals surface area (Å²) in [7, 11) is 0. The summed E-state index contributed by atoms with van der Waals surface area (Å²) in [5.74, 6) is -7.27. The van der Waals surface area contributed by atoms with E-state index >= 15 is 0 Å². The van der Waals surface area contributed by atoms with Crippen molar-refractivity contribution >= 4 is 29.7 Å². The maximum atomic E-state index is 13.7. The number of carbonyl (C=O) groups excluding carboxylic acids is 1. The van der Waals surface area contributed by atoms with Gasteiger partial charge in [-0.1, -0.05) is 51.0 Å². The maximum absolute atomic E-state index is 13.7. The fraction of sp³-hybridized carbons (Fsp3) is 0.302. The highest BCUT2D eigenvalue weighted by Crippen LogP contribution is 2.46. The second-order valence-electron chi connectivity index (χ2n) is 13.7. The number of ether oxygens (including phenoxy) is 1. The minimum atomic E-state index is -1.81. The van der Waals surface area contributed by atoms with Crippen molar-refractivity contribution in [1.82, 2.24) is 5.32 Å². The third-order valence-corrected chi connectivity index (χ3v) is 9.95. The molecule has 0 spiro atoms. The highest BCUT2D eigenvalue weighted by Gasteiger charge is 2.34. The van der Waals surface area contributed by atoms with Crippen LogP contribution in [0.4, 0.5) is 0 Å². The number of esters is 1. The molecule has 13 heteroatoms. The lowest BCUT2D eigenvalue weighted by atomic mass is 9.89. The number of carbonyl (C=O) groups is 2. The highest BCUT2D eigenvalue weighted by molar-refractivity contribution is 5.96. The Balaban J connectivity index is 1.59. The number of rotatable bonds is 15. The molecule has 4 aromatic carbocycles. The summed E-state index contributed by atoms with van der Waals surface area (Å²) in [6.07, 6.45) is 6.63. The van der Waals surface area contributed by atoms with E-state index in [1.807, 2.05) is 13.0 Å². The molecule has 296 valence electrons. The van der Waals surface area contributed by atoms with Crippen LogP contribution in [0.25, 0.3) is 28.9 Å². The first-order valence-corrected chi connectivity index (χ1v) is 18.5. The lowest BCUT2D eigenvalue weighted by Crippen LogP contribution is -2.38. The van der Waals surface area contributed by atoms with Crippen molar-refractivity contribution < 1.29 is 60.3 Å². The first kappa shape index (κ1) is 40.8. The Bertz CT molecular complexity index is 2150. The number of phenols is 8. The van der Waals surface area contributed by atoms with E-state index in [2.05, 4.69) is 5.32 Å². The summed E-state index contributed by atoms with van der Waals surface area (Å²) >= 11 is 0. The lowest BCUT2D eigenvalue weighted by molar-refractivity contribution is -0.162. The number of hydrogen-bond donors (Lipinski definition) is 10. The Morgan fingerprint density at radius 1 is 0.768 bits per heavy atom. The van der Waals surface area contributed by atoms with Gasteiger partial charge in [-0.3, -0.25) is 0 Å². The number of phenolic OH excluding ortho intramolecular Hbond substituents is 8. The van der Waals surface area contributed by atoms with Crippen LogP contribution in [-0.2, 0) is 27.2 Å². The zero-order chi connectivity index (χ0) is 40.7. The molecular formula is C43H47NO12. The zero-order valence-electron chi connectivity index (χ0n) is 31.1. The standard InChI is InChI=1S/C43H47NO12/c1-3-5-6-9-23(20-38(51)56-42(43(54)55)31(22-44-4-2)26-18-36(49)41(53)37(50)19-26)30-21-34(47)33(46)16-24(30)14-15-25-17-35(48)40(52)29-12-7-10-27-28(39(25)29)11-8-13-32(27)45/h8,11,13-21,31,42,44-50,52-53H,3-7,9-10,12,22H2,1-2H3,(H,54,55)/t31-,42-/m1/s1. The Hall–Kier alpha value is -6.34. The Kier molecular flexibility index (Phi) is 13.0. The van der Waals surface area contributed by atoms with Crippen molar-refractivity contribution in [1.29, 1.82) is 0 Å². The smallest absolute Gasteiger partial charge is 0.345 e. The molecule has 5 rings (SSSR count). The third kappa shape index (κ3) is 8.95. The number of aromatic hydroxyl groups is 8. The van der Waals surface area contributed by atoms with Crippen LogP contribution >= 0.6 is 0 Å². The van der Waals surface area contributed by atoms with Crippen LogP contribution in [0.3, 0.4) is 0 Å². The van der Waals surface area contributed by atoms with Gasteiger partial charge in [0.15, 0.2) is 40.2 Å². The molecule has 0 saturated heterocycles. The summed E-state index contributed by atoms with van der Waals surface area (Å²) in [4.78, 5) is 26.3. The molecule has 10 N–H and O–H groups in total. The van der Waals surface area contributed by atoms with Crippen molar-refractivity contribution in [2.75, 3.05) is 13.1 Å². The van der Waals surface area contributed by atoms with Gasteiger partial charge in [-0.05, 0) is 114 Å². The van der Waals surface area contributed by atoms with Gasteiger partial charge in [-0.2, -0.15) is 0 Å². The van der Waals surface area contributed by atoms with Gasteiger partial charge in [0.2, 0.25) is 6.10 Å². The summed E-state index contributed by atoms with van der Waals surface area (Å²) in [5, 5.41) is 97.1. The van der Waals surface area contributed by atoms with Crippen LogP contribution in [0, 0.1) is 0 Å². The summed E-state index contributed by atoms with van der Waals surface area (Å²) in [5.41, 5.74) is 4.07. The van der Waals surface area contributed by atoms with Crippen LogP contribution in [0.5, 0.6) is 46.0 Å². The van der Waals surface area contributed by atoms with Gasteiger partial charge in [0.25, 0.3) is 0 Å². The Morgan fingerprint density at radius 2 is 1.41 bits per heavy atom. The molecule has 56 heavy (non-hydrogen) atoms. The molecule has 0 heterocycles. The van der Waals surface area contributed by atoms with E-state index in [9.17, 15) is 55.5 Å². The zero-order valence-corrected chi connectivity index (χ0v) is 31.1.